The average Bonchev–Trinajstić information content (AvgIpc) is 3.70. The van der Waals surface area contributed by atoms with E-state index < -0.39 is 28.2 Å². The number of fused-ring (bicyclic) bond motifs is 1. The van der Waals surface area contributed by atoms with Gasteiger partial charge in [0.15, 0.2) is 16.6 Å². The third kappa shape index (κ3) is 7.94. The molecule has 1 N–H and O–H groups in total. The third-order valence-corrected chi connectivity index (χ3v) is 18.7. The summed E-state index contributed by atoms with van der Waals surface area (Å²) < 4.78 is 31.5. The van der Waals surface area contributed by atoms with Crippen molar-refractivity contribution in [3.63, 3.8) is 0 Å². The van der Waals surface area contributed by atoms with Gasteiger partial charge in [0.25, 0.3) is 0 Å². The maximum Gasteiger partial charge on any atom is 0.313 e. The molecule has 1 aromatic carbocycles. The summed E-state index contributed by atoms with van der Waals surface area (Å²) >= 11 is 0. The lowest BCUT2D eigenvalue weighted by atomic mass is 9.74. The van der Waals surface area contributed by atoms with Gasteiger partial charge in [-0.05, 0) is 66.8 Å². The van der Waals surface area contributed by atoms with E-state index in [1.807, 2.05) is 24.3 Å². The summed E-state index contributed by atoms with van der Waals surface area (Å²) in [5.41, 5.74) is 3.19. The lowest BCUT2D eigenvalue weighted by Crippen LogP contribution is -2.62. The second-order valence-electron chi connectivity index (χ2n) is 14.8. The molecular weight excluding hydrogens is 567 g/mol. The first-order valence-corrected chi connectivity index (χ1v) is 21.0. The number of benzene rings is 1. The molecule has 0 radical (unpaired) electrons. The third-order valence-electron chi connectivity index (χ3n) is 9.70. The van der Waals surface area contributed by atoms with Gasteiger partial charge < -0.3 is 23.1 Å². The highest BCUT2D eigenvalue weighted by molar-refractivity contribution is 6.74. The van der Waals surface area contributed by atoms with Gasteiger partial charge in [0.1, 0.15) is 30.5 Å². The van der Waals surface area contributed by atoms with Crippen LogP contribution in [0.1, 0.15) is 59.9 Å². The van der Waals surface area contributed by atoms with Crippen LogP contribution in [0.15, 0.2) is 36.9 Å². The van der Waals surface area contributed by atoms with E-state index in [-0.39, 0.29) is 47.5 Å². The maximum atomic E-state index is 13.8. The highest BCUT2D eigenvalue weighted by Crippen LogP contribution is 2.55. The van der Waals surface area contributed by atoms with Gasteiger partial charge in [-0.15, -0.1) is 0 Å². The summed E-state index contributed by atoms with van der Waals surface area (Å²) in [4.78, 5) is 19.6. The van der Waals surface area contributed by atoms with Gasteiger partial charge in [-0.2, -0.15) is 0 Å². The number of epoxide rings is 1. The van der Waals surface area contributed by atoms with Gasteiger partial charge in [-0.25, -0.2) is 5.48 Å². The Labute approximate surface area is 256 Å². The van der Waals surface area contributed by atoms with Crippen LogP contribution in [0.2, 0.25) is 36.3 Å². The van der Waals surface area contributed by atoms with Gasteiger partial charge in [0.2, 0.25) is 0 Å². The number of rotatable bonds is 14. The molecule has 5 atom stereocenters. The molecule has 238 valence electrons. The Hall–Kier alpha value is -1.54. The smallest absolute Gasteiger partial charge is 0.313 e. The van der Waals surface area contributed by atoms with Gasteiger partial charge in [-0.1, -0.05) is 66.3 Å². The van der Waals surface area contributed by atoms with Crippen LogP contribution in [0.3, 0.4) is 0 Å². The number of ether oxygens (including phenoxy) is 3. The maximum absolute atomic E-state index is 13.8. The molecule has 0 amide bonds. The molecule has 1 aliphatic carbocycles. The molecule has 10 heteroatoms. The molecule has 1 aliphatic heterocycles. The molecule has 0 spiro atoms. The zero-order valence-corrected chi connectivity index (χ0v) is 29.8. The van der Waals surface area contributed by atoms with Crippen LogP contribution in [0.25, 0.3) is 0 Å². The normalized spacial score (nSPS) is 25.4. The van der Waals surface area contributed by atoms with E-state index in [1.54, 1.807) is 13.2 Å². The lowest BCUT2D eigenvalue weighted by molar-refractivity contribution is -0.162. The number of carbonyl (C=O) groups excluding carboxylic acids is 1. The Kier molecular flexibility index (Phi) is 11.0. The topological polar surface area (TPSA) is 87.8 Å². The van der Waals surface area contributed by atoms with Crippen molar-refractivity contribution in [2.45, 2.75) is 121 Å². The second-order valence-corrected chi connectivity index (χ2v) is 24.2. The highest BCUT2D eigenvalue weighted by Gasteiger charge is 2.68. The Morgan fingerprint density at radius 3 is 2.26 bits per heavy atom. The van der Waals surface area contributed by atoms with Crippen molar-refractivity contribution in [3.8, 4) is 5.75 Å². The van der Waals surface area contributed by atoms with E-state index in [4.69, 9.17) is 27.9 Å². The molecule has 2 fully saturated rings. The lowest BCUT2D eigenvalue weighted by Gasteiger charge is -2.50. The standard InChI is InChI=1S/C32H55NO7Si2/c1-13-20-36-29(34)25(21-33-37-22-23-14-16-24(35-8)17-15-23)32(40-42(11,12)31(5,6)7)19-18-26(27-28(32)38-27)39-41(9,10)30(2,3)4/h13-17,25-28,33H,1,18-22H2,2-12H3/t25-,26-,27-,28-,32+/m0/s1. The van der Waals surface area contributed by atoms with Crippen LogP contribution >= 0.6 is 0 Å². The Morgan fingerprint density at radius 2 is 1.71 bits per heavy atom. The first-order chi connectivity index (χ1) is 19.4. The highest BCUT2D eigenvalue weighted by atomic mass is 28.4. The Balaban J connectivity index is 1.87. The number of nitrogens with one attached hydrogen (secondary N) is 1. The van der Waals surface area contributed by atoms with E-state index in [1.165, 1.54) is 0 Å². The fraction of sp³-hybridized carbons (Fsp3) is 0.719. The predicted octanol–water partition coefficient (Wildman–Crippen LogP) is 6.77. The molecule has 1 heterocycles. The summed E-state index contributed by atoms with van der Waals surface area (Å²) in [5.74, 6) is -0.202. The molecule has 3 rings (SSSR count). The van der Waals surface area contributed by atoms with Crippen LogP contribution in [0, 0.1) is 5.92 Å². The zero-order valence-electron chi connectivity index (χ0n) is 27.8. The minimum absolute atomic E-state index is 0.0174. The summed E-state index contributed by atoms with van der Waals surface area (Å²) in [7, 11) is -2.72. The number of hydrogen-bond acceptors (Lipinski definition) is 8. The van der Waals surface area contributed by atoms with Crippen LogP contribution in [-0.4, -0.2) is 66.8 Å². The molecule has 8 nitrogen and oxygen atoms in total. The average molecular weight is 622 g/mol. The van der Waals surface area contributed by atoms with Gasteiger partial charge >= 0.3 is 5.97 Å². The molecule has 1 saturated carbocycles. The number of esters is 1. The van der Waals surface area contributed by atoms with Crippen molar-refractivity contribution in [1.29, 1.82) is 0 Å². The molecule has 0 unspecified atom stereocenters. The van der Waals surface area contributed by atoms with Crippen molar-refractivity contribution in [3.05, 3.63) is 42.5 Å². The summed E-state index contributed by atoms with van der Waals surface area (Å²) in [5, 5.41) is 0.0263. The predicted molar refractivity (Wildman–Crippen MR) is 171 cm³/mol. The molecule has 42 heavy (non-hydrogen) atoms. The molecule has 2 aliphatic rings. The molecule has 0 aromatic heterocycles. The first kappa shape index (κ1) is 34.9. The molecular formula is C32H55NO7Si2. The van der Waals surface area contributed by atoms with Crippen molar-refractivity contribution in [2.75, 3.05) is 20.3 Å². The largest absolute Gasteiger partial charge is 0.497 e. The van der Waals surface area contributed by atoms with Crippen LogP contribution in [0.5, 0.6) is 5.75 Å². The minimum Gasteiger partial charge on any atom is -0.497 e. The van der Waals surface area contributed by atoms with Gasteiger partial charge in [0.05, 0.1) is 25.4 Å². The van der Waals surface area contributed by atoms with Gasteiger partial charge in [-0.3, -0.25) is 9.63 Å². The number of carbonyl (C=O) groups is 1. The number of hydrogen-bond donors (Lipinski definition) is 1. The van der Waals surface area contributed by atoms with E-state index >= 15 is 0 Å². The van der Waals surface area contributed by atoms with Gasteiger partial charge in [0, 0.05) is 6.54 Å². The van der Waals surface area contributed by atoms with Crippen molar-refractivity contribution in [1.82, 2.24) is 5.48 Å². The van der Waals surface area contributed by atoms with Crippen LogP contribution in [0.4, 0.5) is 0 Å². The van der Waals surface area contributed by atoms with E-state index in [2.05, 4.69) is 79.8 Å². The van der Waals surface area contributed by atoms with E-state index in [0.717, 1.165) is 17.7 Å². The van der Waals surface area contributed by atoms with Crippen molar-refractivity contribution < 1.29 is 32.7 Å². The molecule has 1 aromatic rings. The van der Waals surface area contributed by atoms with E-state index in [9.17, 15) is 4.79 Å². The monoisotopic (exact) mass is 621 g/mol. The van der Waals surface area contributed by atoms with E-state index in [0.29, 0.717) is 13.0 Å². The van der Waals surface area contributed by atoms with Crippen molar-refractivity contribution in [2.24, 2.45) is 5.92 Å². The van der Waals surface area contributed by atoms with Crippen LogP contribution < -0.4 is 10.2 Å². The molecule has 1 saturated heterocycles. The number of methoxy groups -OCH3 is 1. The first-order valence-electron chi connectivity index (χ1n) is 15.2. The SMILES string of the molecule is C=CCOC(=O)[C@H](CNOCc1ccc(OC)cc1)[C@]1(O[Si](C)(C)C(C)(C)C)CC[C@H](O[Si](C)(C)C(C)(C)C)[C@@H]2O[C@@H]21. The summed E-state index contributed by atoms with van der Waals surface area (Å²) in [6.45, 7) is 26.8. The summed E-state index contributed by atoms with van der Waals surface area (Å²) in [6, 6.07) is 7.69. The quantitative estimate of drug-likeness (QED) is 0.0608. The second kappa shape index (κ2) is 13.2. The van der Waals surface area contributed by atoms with Crippen molar-refractivity contribution >= 4 is 22.6 Å². The fourth-order valence-corrected chi connectivity index (χ4v) is 8.01. The van der Waals surface area contributed by atoms with Crippen LogP contribution in [-0.2, 0) is 34.6 Å². The fourth-order valence-electron chi connectivity index (χ4n) is 5.03. The summed E-state index contributed by atoms with van der Waals surface area (Å²) in [6.07, 6.45) is 2.57. The Bertz CT molecular complexity index is 1060. The molecule has 0 bridgehead atoms. The Morgan fingerprint density at radius 1 is 1.10 bits per heavy atom. The number of hydroxylamine groups is 1. The zero-order chi connectivity index (χ0) is 31.6. The minimum atomic E-state index is -2.35.